The minimum atomic E-state index is -0.365. The number of ether oxygens (including phenoxy) is 1. The molecule has 2 N–H and O–H groups in total. The summed E-state index contributed by atoms with van der Waals surface area (Å²) in [5.74, 6) is 0.487. The number of carbonyl (C=O) groups is 1. The topological polar surface area (TPSA) is 79.4 Å². The zero-order valence-electron chi connectivity index (χ0n) is 18.1. The molecule has 1 aliphatic rings. The Morgan fingerprint density at radius 3 is 2.75 bits per heavy atom. The molecule has 4 rings (SSSR count). The highest BCUT2D eigenvalue weighted by Gasteiger charge is 2.21. The van der Waals surface area contributed by atoms with Gasteiger partial charge in [0.1, 0.15) is 10.8 Å². The summed E-state index contributed by atoms with van der Waals surface area (Å²) in [6.07, 6.45) is 3.97. The van der Waals surface area contributed by atoms with Crippen molar-refractivity contribution >= 4 is 46.2 Å². The lowest BCUT2D eigenvalue weighted by molar-refractivity contribution is 0.0459. The normalized spacial score (nSPS) is 14.4. The van der Waals surface area contributed by atoms with Crippen LogP contribution in [0.25, 0.3) is 10.6 Å². The monoisotopic (exact) mass is 471 g/mol. The number of pyridine rings is 1. The number of hydrogen-bond acceptors (Lipinski definition) is 6. The number of aromatic nitrogens is 2. The fourth-order valence-electron chi connectivity index (χ4n) is 3.68. The minimum absolute atomic E-state index is 0.343. The van der Waals surface area contributed by atoms with Crippen LogP contribution in [0.2, 0.25) is 5.02 Å². The smallest absolute Gasteiger partial charge is 0.324 e. The van der Waals surface area contributed by atoms with Crippen molar-refractivity contribution in [1.82, 2.24) is 9.97 Å². The highest BCUT2D eigenvalue weighted by Crippen LogP contribution is 2.34. The second-order valence-electron chi connectivity index (χ2n) is 7.61. The van der Waals surface area contributed by atoms with Crippen LogP contribution in [0.15, 0.2) is 41.9 Å². The van der Waals surface area contributed by atoms with E-state index in [4.69, 9.17) is 16.3 Å². The van der Waals surface area contributed by atoms with Crippen molar-refractivity contribution in [2.45, 2.75) is 32.8 Å². The van der Waals surface area contributed by atoms with E-state index in [0.29, 0.717) is 22.6 Å². The van der Waals surface area contributed by atoms with Gasteiger partial charge in [-0.1, -0.05) is 11.6 Å². The molecular weight excluding hydrogens is 446 g/mol. The molecule has 1 saturated heterocycles. The van der Waals surface area contributed by atoms with Crippen molar-refractivity contribution in [3.8, 4) is 10.6 Å². The lowest BCUT2D eigenvalue weighted by Gasteiger charge is -2.34. The Labute approximate surface area is 196 Å². The van der Waals surface area contributed by atoms with Crippen LogP contribution in [-0.2, 0) is 4.74 Å². The SMILES string of the molecule is CCOC1CCN(c2ccc(-c3nc(NC(=O)Nc4ccc(C)nc4)cs3)cc2Cl)CC1. The Morgan fingerprint density at radius 1 is 1.25 bits per heavy atom. The average Bonchev–Trinajstić information content (AvgIpc) is 3.24. The third-order valence-corrected chi connectivity index (χ3v) is 6.49. The van der Waals surface area contributed by atoms with Gasteiger partial charge in [-0.3, -0.25) is 10.3 Å². The first-order chi connectivity index (χ1) is 15.5. The number of benzene rings is 1. The van der Waals surface area contributed by atoms with Crippen LogP contribution in [0.1, 0.15) is 25.5 Å². The van der Waals surface area contributed by atoms with Gasteiger partial charge in [0.05, 0.1) is 28.7 Å². The summed E-state index contributed by atoms with van der Waals surface area (Å²) >= 11 is 8.07. The quantitative estimate of drug-likeness (QED) is 0.473. The number of carbonyl (C=O) groups excluding carboxylic acids is 1. The molecule has 0 bridgehead atoms. The molecule has 0 saturated carbocycles. The molecular formula is C23H26ClN5O2S. The molecule has 2 aromatic heterocycles. The number of urea groups is 1. The van der Waals surface area contributed by atoms with Crippen molar-refractivity contribution in [2.75, 3.05) is 35.2 Å². The molecule has 0 aliphatic carbocycles. The van der Waals surface area contributed by atoms with E-state index >= 15 is 0 Å². The lowest BCUT2D eigenvalue weighted by Crippen LogP contribution is -2.37. The van der Waals surface area contributed by atoms with E-state index in [1.165, 1.54) is 11.3 Å². The molecule has 9 heteroatoms. The van der Waals surface area contributed by atoms with E-state index in [9.17, 15) is 4.79 Å². The molecule has 1 aromatic carbocycles. The van der Waals surface area contributed by atoms with Gasteiger partial charge >= 0.3 is 6.03 Å². The molecule has 168 valence electrons. The van der Waals surface area contributed by atoms with E-state index in [2.05, 4.69) is 25.5 Å². The number of aryl methyl sites for hydroxylation is 1. The first-order valence-electron chi connectivity index (χ1n) is 10.6. The molecule has 0 atom stereocenters. The number of hydrogen-bond donors (Lipinski definition) is 2. The van der Waals surface area contributed by atoms with Gasteiger partial charge < -0.3 is 15.0 Å². The molecule has 1 aliphatic heterocycles. The van der Waals surface area contributed by atoms with Crippen molar-refractivity contribution in [1.29, 1.82) is 0 Å². The zero-order chi connectivity index (χ0) is 22.5. The van der Waals surface area contributed by atoms with E-state index in [0.717, 1.165) is 54.5 Å². The van der Waals surface area contributed by atoms with E-state index in [-0.39, 0.29) is 6.03 Å². The van der Waals surface area contributed by atoms with Crippen molar-refractivity contribution in [2.24, 2.45) is 0 Å². The maximum atomic E-state index is 12.2. The molecule has 3 heterocycles. The zero-order valence-corrected chi connectivity index (χ0v) is 19.7. The van der Waals surface area contributed by atoms with Crippen LogP contribution in [-0.4, -0.2) is 41.8 Å². The van der Waals surface area contributed by atoms with Crippen LogP contribution in [0.3, 0.4) is 0 Å². The van der Waals surface area contributed by atoms with Gasteiger partial charge in [-0.05, 0) is 57.0 Å². The first kappa shape index (κ1) is 22.5. The number of amides is 2. The molecule has 3 aromatic rings. The molecule has 0 unspecified atom stereocenters. The van der Waals surface area contributed by atoms with E-state index < -0.39 is 0 Å². The van der Waals surface area contributed by atoms with Gasteiger partial charge in [0.15, 0.2) is 0 Å². The Hall–Kier alpha value is -2.68. The third-order valence-electron chi connectivity index (χ3n) is 5.29. The van der Waals surface area contributed by atoms with Crippen LogP contribution >= 0.6 is 22.9 Å². The summed E-state index contributed by atoms with van der Waals surface area (Å²) in [6.45, 7) is 6.55. The number of thiazole rings is 1. The van der Waals surface area contributed by atoms with Crippen molar-refractivity contribution in [3.05, 3.63) is 52.6 Å². The van der Waals surface area contributed by atoms with Gasteiger partial charge in [0.25, 0.3) is 0 Å². The largest absolute Gasteiger partial charge is 0.378 e. The standard InChI is InChI=1S/C23H26ClN5O2S/c1-3-31-18-8-10-29(11-9-18)20-7-5-16(12-19(20)24)22-27-21(14-32-22)28-23(30)26-17-6-4-15(2)25-13-17/h4-7,12-14,18H,3,8-11H2,1-2H3,(H2,26,28,30). The van der Waals surface area contributed by atoms with E-state index in [1.54, 1.807) is 12.3 Å². The van der Waals surface area contributed by atoms with Gasteiger partial charge in [-0.2, -0.15) is 0 Å². The van der Waals surface area contributed by atoms with Crippen LogP contribution < -0.4 is 15.5 Å². The number of anilines is 3. The molecule has 32 heavy (non-hydrogen) atoms. The second kappa shape index (κ2) is 10.3. The van der Waals surface area contributed by atoms with Gasteiger partial charge in [0.2, 0.25) is 0 Å². The summed E-state index contributed by atoms with van der Waals surface area (Å²) in [6, 6.07) is 9.28. The average molecular weight is 472 g/mol. The van der Waals surface area contributed by atoms with Crippen molar-refractivity contribution < 1.29 is 9.53 Å². The summed E-state index contributed by atoms with van der Waals surface area (Å²) in [4.78, 5) is 23.2. The third kappa shape index (κ3) is 5.56. The Kier molecular flexibility index (Phi) is 7.24. The highest BCUT2D eigenvalue weighted by molar-refractivity contribution is 7.13. The van der Waals surface area contributed by atoms with Crippen LogP contribution in [0.4, 0.5) is 22.0 Å². The highest BCUT2D eigenvalue weighted by atomic mass is 35.5. The molecule has 1 fully saturated rings. The maximum absolute atomic E-state index is 12.2. The van der Waals surface area contributed by atoms with Gasteiger partial charge in [-0.25, -0.2) is 9.78 Å². The number of nitrogens with one attached hydrogen (secondary N) is 2. The number of nitrogens with zero attached hydrogens (tertiary/aromatic N) is 3. The number of piperidine rings is 1. The first-order valence-corrected chi connectivity index (χ1v) is 11.9. The Bertz CT molecular complexity index is 1060. The van der Waals surface area contributed by atoms with Crippen LogP contribution in [0, 0.1) is 6.92 Å². The van der Waals surface area contributed by atoms with E-state index in [1.807, 2.05) is 43.5 Å². The van der Waals surface area contributed by atoms with Crippen LogP contribution in [0.5, 0.6) is 0 Å². The lowest BCUT2D eigenvalue weighted by atomic mass is 10.1. The predicted molar refractivity (Wildman–Crippen MR) is 131 cm³/mol. The number of halogens is 1. The fourth-order valence-corrected chi connectivity index (χ4v) is 4.73. The Balaban J connectivity index is 1.38. The summed E-state index contributed by atoms with van der Waals surface area (Å²) in [5.41, 5.74) is 3.46. The molecule has 0 radical (unpaired) electrons. The predicted octanol–water partition coefficient (Wildman–Crippen LogP) is 5.82. The second-order valence-corrected chi connectivity index (χ2v) is 8.88. The maximum Gasteiger partial charge on any atom is 0.324 e. The summed E-state index contributed by atoms with van der Waals surface area (Å²) in [7, 11) is 0. The van der Waals surface area contributed by atoms with Gasteiger partial charge in [-0.15, -0.1) is 11.3 Å². The summed E-state index contributed by atoms with van der Waals surface area (Å²) in [5, 5.41) is 8.80. The molecule has 0 spiro atoms. The fraction of sp³-hybridized carbons (Fsp3) is 0.348. The van der Waals surface area contributed by atoms with Crippen molar-refractivity contribution in [3.63, 3.8) is 0 Å². The summed E-state index contributed by atoms with van der Waals surface area (Å²) < 4.78 is 5.74. The molecule has 7 nitrogen and oxygen atoms in total. The molecule has 2 amide bonds. The van der Waals surface area contributed by atoms with Gasteiger partial charge in [0, 0.05) is 36.3 Å². The Morgan fingerprint density at radius 2 is 2.06 bits per heavy atom. The minimum Gasteiger partial charge on any atom is -0.378 e. The number of rotatable bonds is 6.